The van der Waals surface area contributed by atoms with Crippen molar-refractivity contribution in [3.8, 4) is 5.75 Å². The van der Waals surface area contributed by atoms with Crippen LogP contribution in [-0.4, -0.2) is 17.3 Å². The van der Waals surface area contributed by atoms with Crippen LogP contribution in [0.3, 0.4) is 0 Å². The van der Waals surface area contributed by atoms with Gasteiger partial charge in [0.15, 0.2) is 6.29 Å². The number of benzene rings is 2. The Labute approximate surface area is 123 Å². The highest BCUT2D eigenvalue weighted by atomic mass is 127. The molecule has 0 saturated heterocycles. The number of hydrogen-bond acceptors (Lipinski definition) is 3. The summed E-state index contributed by atoms with van der Waals surface area (Å²) in [7, 11) is 0. The van der Waals surface area contributed by atoms with Crippen molar-refractivity contribution < 1.29 is 14.7 Å². The molecule has 0 aliphatic carbocycles. The molecular formula is C14H10INO3. The lowest BCUT2D eigenvalue weighted by Gasteiger charge is -2.08. The molecular weight excluding hydrogens is 357 g/mol. The lowest BCUT2D eigenvalue weighted by molar-refractivity contribution is 0.102. The zero-order valence-corrected chi connectivity index (χ0v) is 11.9. The van der Waals surface area contributed by atoms with Crippen LogP contribution in [-0.2, 0) is 0 Å². The van der Waals surface area contributed by atoms with Crippen LogP contribution in [0.5, 0.6) is 5.75 Å². The van der Waals surface area contributed by atoms with Gasteiger partial charge in [0.1, 0.15) is 5.75 Å². The Balaban J connectivity index is 2.30. The maximum atomic E-state index is 12.1. The number of para-hydroxylation sites is 1. The van der Waals surface area contributed by atoms with Crippen molar-refractivity contribution in [1.82, 2.24) is 0 Å². The lowest BCUT2D eigenvalue weighted by Crippen LogP contribution is -2.13. The molecule has 19 heavy (non-hydrogen) atoms. The molecule has 4 nitrogen and oxygen atoms in total. The molecule has 1 amide bonds. The number of halogens is 1. The van der Waals surface area contributed by atoms with E-state index >= 15 is 0 Å². The predicted octanol–water partition coefficient (Wildman–Crippen LogP) is 3.06. The van der Waals surface area contributed by atoms with Crippen LogP contribution >= 0.6 is 22.6 Å². The van der Waals surface area contributed by atoms with Gasteiger partial charge in [-0.25, -0.2) is 0 Å². The van der Waals surface area contributed by atoms with Crippen LogP contribution < -0.4 is 5.32 Å². The highest BCUT2D eigenvalue weighted by molar-refractivity contribution is 14.1. The number of aromatic hydroxyl groups is 1. The van der Waals surface area contributed by atoms with Crippen LogP contribution in [0.1, 0.15) is 20.7 Å². The van der Waals surface area contributed by atoms with E-state index in [1.54, 1.807) is 36.4 Å². The number of aldehydes is 1. The van der Waals surface area contributed by atoms with Gasteiger partial charge in [-0.1, -0.05) is 12.1 Å². The van der Waals surface area contributed by atoms with E-state index in [2.05, 4.69) is 27.9 Å². The monoisotopic (exact) mass is 367 g/mol. The maximum absolute atomic E-state index is 12.1. The summed E-state index contributed by atoms with van der Waals surface area (Å²) < 4.78 is 0.837. The van der Waals surface area contributed by atoms with Crippen molar-refractivity contribution >= 4 is 40.5 Å². The molecule has 0 saturated carbocycles. The molecule has 0 aromatic heterocycles. The highest BCUT2D eigenvalue weighted by Gasteiger charge is 2.13. The lowest BCUT2D eigenvalue weighted by atomic mass is 10.1. The summed E-state index contributed by atoms with van der Waals surface area (Å²) in [5.41, 5.74) is 0.981. The molecule has 0 bridgehead atoms. The maximum Gasteiger partial charge on any atom is 0.259 e. The number of carbonyl (C=O) groups is 2. The first-order valence-corrected chi connectivity index (χ1v) is 6.54. The van der Waals surface area contributed by atoms with E-state index in [1.165, 1.54) is 6.07 Å². The summed E-state index contributed by atoms with van der Waals surface area (Å²) in [6, 6.07) is 11.4. The van der Waals surface area contributed by atoms with E-state index in [0.717, 1.165) is 3.57 Å². The van der Waals surface area contributed by atoms with Crippen LogP contribution in [0, 0.1) is 3.57 Å². The summed E-state index contributed by atoms with van der Waals surface area (Å²) in [4.78, 5) is 22.9. The van der Waals surface area contributed by atoms with E-state index < -0.39 is 5.91 Å². The molecule has 2 aromatic rings. The minimum Gasteiger partial charge on any atom is -0.507 e. The standard InChI is InChI=1S/C14H10INO3/c15-10-5-6-13(18)11(7-10)14(19)16-12-4-2-1-3-9(12)8-17/h1-8,18H,(H,16,19). The molecule has 0 spiro atoms. The Hall–Kier alpha value is -1.89. The largest absolute Gasteiger partial charge is 0.507 e. The molecule has 2 aromatic carbocycles. The molecule has 5 heteroatoms. The average Bonchev–Trinajstić information content (AvgIpc) is 2.42. The van der Waals surface area contributed by atoms with Gasteiger partial charge in [-0.15, -0.1) is 0 Å². The van der Waals surface area contributed by atoms with Gasteiger partial charge in [0, 0.05) is 9.13 Å². The van der Waals surface area contributed by atoms with E-state index in [1.807, 2.05) is 0 Å². The van der Waals surface area contributed by atoms with E-state index in [4.69, 9.17) is 0 Å². The molecule has 2 rings (SSSR count). The quantitative estimate of drug-likeness (QED) is 0.647. The SMILES string of the molecule is O=Cc1ccccc1NC(=O)c1cc(I)ccc1O. The number of nitrogens with one attached hydrogen (secondary N) is 1. The summed E-state index contributed by atoms with van der Waals surface area (Å²) in [5.74, 6) is -0.549. The molecule has 0 aliphatic rings. The molecule has 0 unspecified atom stereocenters. The van der Waals surface area contributed by atoms with Gasteiger partial charge in [-0.3, -0.25) is 9.59 Å². The van der Waals surface area contributed by atoms with Gasteiger partial charge in [0.05, 0.1) is 11.3 Å². The Morgan fingerprint density at radius 2 is 1.95 bits per heavy atom. The first-order chi connectivity index (χ1) is 9.11. The zero-order chi connectivity index (χ0) is 13.8. The smallest absolute Gasteiger partial charge is 0.259 e. The number of carbonyl (C=O) groups excluding carboxylic acids is 2. The van der Waals surface area contributed by atoms with Gasteiger partial charge in [0.2, 0.25) is 0 Å². The van der Waals surface area contributed by atoms with Gasteiger partial charge in [0.25, 0.3) is 5.91 Å². The van der Waals surface area contributed by atoms with Gasteiger partial charge >= 0.3 is 0 Å². The molecule has 0 aliphatic heterocycles. The van der Waals surface area contributed by atoms with Crippen molar-refractivity contribution in [3.63, 3.8) is 0 Å². The number of anilines is 1. The number of phenols is 1. The summed E-state index contributed by atoms with van der Waals surface area (Å²) in [6.07, 6.45) is 0.671. The number of amides is 1. The molecule has 0 fully saturated rings. The second-order valence-corrected chi connectivity index (χ2v) is 5.07. The third-order valence-corrected chi connectivity index (χ3v) is 3.21. The number of rotatable bonds is 3. The Kier molecular flexibility index (Phi) is 4.16. The Morgan fingerprint density at radius 3 is 2.68 bits per heavy atom. The minimum absolute atomic E-state index is 0.0958. The first-order valence-electron chi connectivity index (χ1n) is 5.46. The number of phenolic OH excluding ortho intramolecular Hbond substituents is 1. The van der Waals surface area contributed by atoms with Crippen LogP contribution in [0.4, 0.5) is 5.69 Å². The Bertz CT molecular complexity index is 640. The molecule has 2 N–H and O–H groups in total. The Morgan fingerprint density at radius 1 is 1.21 bits per heavy atom. The second kappa shape index (κ2) is 5.83. The topological polar surface area (TPSA) is 66.4 Å². The van der Waals surface area contributed by atoms with Gasteiger partial charge in [-0.05, 0) is 52.9 Å². The summed E-state index contributed by atoms with van der Waals surface area (Å²) in [5, 5.41) is 12.3. The third kappa shape index (κ3) is 3.11. The number of hydrogen-bond donors (Lipinski definition) is 2. The molecule has 0 heterocycles. The fraction of sp³-hybridized carbons (Fsp3) is 0. The van der Waals surface area contributed by atoms with Crippen molar-refractivity contribution in [2.75, 3.05) is 5.32 Å². The third-order valence-electron chi connectivity index (χ3n) is 2.54. The predicted molar refractivity (Wildman–Crippen MR) is 80.6 cm³/mol. The molecule has 0 atom stereocenters. The molecule has 0 radical (unpaired) electrons. The fourth-order valence-electron chi connectivity index (χ4n) is 1.59. The van der Waals surface area contributed by atoms with Crippen LogP contribution in [0.2, 0.25) is 0 Å². The van der Waals surface area contributed by atoms with Crippen molar-refractivity contribution in [3.05, 3.63) is 57.2 Å². The first kappa shape index (κ1) is 13.5. The van der Waals surface area contributed by atoms with Crippen molar-refractivity contribution in [2.45, 2.75) is 0 Å². The van der Waals surface area contributed by atoms with Crippen molar-refractivity contribution in [2.24, 2.45) is 0 Å². The van der Waals surface area contributed by atoms with E-state index in [-0.39, 0.29) is 11.3 Å². The zero-order valence-electron chi connectivity index (χ0n) is 9.76. The van der Waals surface area contributed by atoms with Crippen LogP contribution in [0.25, 0.3) is 0 Å². The van der Waals surface area contributed by atoms with Crippen LogP contribution in [0.15, 0.2) is 42.5 Å². The normalized spacial score (nSPS) is 9.95. The van der Waals surface area contributed by atoms with E-state index in [0.29, 0.717) is 17.5 Å². The minimum atomic E-state index is -0.453. The van der Waals surface area contributed by atoms with Gasteiger partial charge in [-0.2, -0.15) is 0 Å². The van der Waals surface area contributed by atoms with Crippen molar-refractivity contribution in [1.29, 1.82) is 0 Å². The highest BCUT2D eigenvalue weighted by Crippen LogP contribution is 2.22. The summed E-state index contributed by atoms with van der Waals surface area (Å²) >= 11 is 2.05. The molecule has 96 valence electrons. The van der Waals surface area contributed by atoms with Gasteiger partial charge < -0.3 is 10.4 Å². The average molecular weight is 367 g/mol. The summed E-state index contributed by atoms with van der Waals surface area (Å²) in [6.45, 7) is 0. The van der Waals surface area contributed by atoms with E-state index in [9.17, 15) is 14.7 Å². The fourth-order valence-corrected chi connectivity index (χ4v) is 2.08. The second-order valence-electron chi connectivity index (χ2n) is 3.82.